The van der Waals surface area contributed by atoms with Gasteiger partial charge in [-0.2, -0.15) is 0 Å². The van der Waals surface area contributed by atoms with Crippen molar-refractivity contribution in [3.05, 3.63) is 35.4 Å². The van der Waals surface area contributed by atoms with Gasteiger partial charge in [-0.15, -0.1) is 0 Å². The number of nitrogens with two attached hydrogens (primary N) is 1. The summed E-state index contributed by atoms with van der Waals surface area (Å²) in [5.74, 6) is 0.351. The highest BCUT2D eigenvalue weighted by Gasteiger charge is 1.98. The molecule has 0 bridgehead atoms. The number of rotatable bonds is 3. The van der Waals surface area contributed by atoms with Crippen LogP contribution in [0.3, 0.4) is 0 Å². The third kappa shape index (κ3) is 2.62. The SMILES string of the molecule is COc1cccc(/C=C(\C)C(N)=O)c1. The topological polar surface area (TPSA) is 52.3 Å². The van der Waals surface area contributed by atoms with Crippen molar-refractivity contribution in [2.45, 2.75) is 6.92 Å². The summed E-state index contributed by atoms with van der Waals surface area (Å²) >= 11 is 0. The van der Waals surface area contributed by atoms with Crippen LogP contribution in [0, 0.1) is 0 Å². The lowest BCUT2D eigenvalue weighted by Crippen LogP contribution is -2.11. The van der Waals surface area contributed by atoms with Crippen LogP contribution >= 0.6 is 0 Å². The lowest BCUT2D eigenvalue weighted by atomic mass is 10.1. The Morgan fingerprint density at radius 2 is 2.21 bits per heavy atom. The van der Waals surface area contributed by atoms with Gasteiger partial charge in [0.15, 0.2) is 0 Å². The smallest absolute Gasteiger partial charge is 0.244 e. The van der Waals surface area contributed by atoms with Gasteiger partial charge in [0, 0.05) is 5.57 Å². The van der Waals surface area contributed by atoms with E-state index in [4.69, 9.17) is 10.5 Å². The molecular formula is C11H13NO2. The van der Waals surface area contributed by atoms with Gasteiger partial charge in [-0.3, -0.25) is 4.79 Å². The van der Waals surface area contributed by atoms with Crippen molar-refractivity contribution in [2.24, 2.45) is 5.73 Å². The van der Waals surface area contributed by atoms with Crippen LogP contribution in [0.4, 0.5) is 0 Å². The van der Waals surface area contributed by atoms with Gasteiger partial charge in [0.25, 0.3) is 0 Å². The molecule has 3 nitrogen and oxygen atoms in total. The van der Waals surface area contributed by atoms with E-state index in [-0.39, 0.29) is 0 Å². The highest BCUT2D eigenvalue weighted by atomic mass is 16.5. The average molecular weight is 191 g/mol. The second-order valence-electron chi connectivity index (χ2n) is 2.97. The van der Waals surface area contributed by atoms with E-state index in [9.17, 15) is 4.79 Å². The standard InChI is InChI=1S/C11H13NO2/c1-8(11(12)13)6-9-4-3-5-10(7-9)14-2/h3-7H,1-2H3,(H2,12,13)/b8-6+. The molecule has 0 aliphatic heterocycles. The molecule has 0 aromatic heterocycles. The lowest BCUT2D eigenvalue weighted by Gasteiger charge is -2.01. The summed E-state index contributed by atoms with van der Waals surface area (Å²) in [5.41, 5.74) is 6.55. The van der Waals surface area contributed by atoms with Gasteiger partial charge >= 0.3 is 0 Å². The number of hydrogen-bond donors (Lipinski definition) is 1. The molecule has 1 aromatic carbocycles. The summed E-state index contributed by atoms with van der Waals surface area (Å²) in [4.78, 5) is 10.8. The molecule has 2 N–H and O–H groups in total. The van der Waals surface area contributed by atoms with Crippen molar-refractivity contribution in [1.82, 2.24) is 0 Å². The normalized spacial score (nSPS) is 11.1. The van der Waals surface area contributed by atoms with E-state index in [0.29, 0.717) is 5.57 Å². The second-order valence-corrected chi connectivity index (χ2v) is 2.97. The molecule has 0 unspecified atom stereocenters. The third-order valence-corrected chi connectivity index (χ3v) is 1.87. The van der Waals surface area contributed by atoms with Crippen LogP contribution in [0.5, 0.6) is 5.75 Å². The molecule has 1 amide bonds. The van der Waals surface area contributed by atoms with E-state index in [1.807, 2.05) is 24.3 Å². The molecule has 0 aliphatic rings. The predicted molar refractivity (Wildman–Crippen MR) is 55.8 cm³/mol. The van der Waals surface area contributed by atoms with E-state index < -0.39 is 5.91 Å². The van der Waals surface area contributed by atoms with Crippen LogP contribution in [0.2, 0.25) is 0 Å². The number of primary amides is 1. The van der Waals surface area contributed by atoms with Gasteiger partial charge in [0.05, 0.1) is 7.11 Å². The van der Waals surface area contributed by atoms with E-state index in [2.05, 4.69) is 0 Å². The van der Waals surface area contributed by atoms with Crippen molar-refractivity contribution in [1.29, 1.82) is 0 Å². The fraction of sp³-hybridized carbons (Fsp3) is 0.182. The zero-order valence-electron chi connectivity index (χ0n) is 8.28. The molecule has 74 valence electrons. The molecule has 0 saturated heterocycles. The quantitative estimate of drug-likeness (QED) is 0.737. The monoisotopic (exact) mass is 191 g/mol. The minimum absolute atomic E-state index is 0.409. The zero-order valence-corrected chi connectivity index (χ0v) is 8.28. The van der Waals surface area contributed by atoms with Gasteiger partial charge in [-0.1, -0.05) is 12.1 Å². The molecule has 14 heavy (non-hydrogen) atoms. The van der Waals surface area contributed by atoms with Crippen LogP contribution < -0.4 is 10.5 Å². The maximum Gasteiger partial charge on any atom is 0.244 e. The zero-order chi connectivity index (χ0) is 10.6. The van der Waals surface area contributed by atoms with E-state index in [0.717, 1.165) is 11.3 Å². The van der Waals surface area contributed by atoms with Gasteiger partial charge in [0.1, 0.15) is 5.75 Å². The van der Waals surface area contributed by atoms with Crippen LogP contribution in [-0.2, 0) is 4.79 Å². The van der Waals surface area contributed by atoms with Gasteiger partial charge in [-0.05, 0) is 30.7 Å². The van der Waals surface area contributed by atoms with Crippen molar-refractivity contribution in [3.63, 3.8) is 0 Å². The first-order chi connectivity index (χ1) is 6.63. The first-order valence-corrected chi connectivity index (χ1v) is 4.25. The number of carbonyl (C=O) groups excluding carboxylic acids is 1. The summed E-state index contributed by atoms with van der Waals surface area (Å²) in [7, 11) is 1.60. The highest BCUT2D eigenvalue weighted by Crippen LogP contribution is 2.14. The van der Waals surface area contributed by atoms with Crippen LogP contribution in [0.1, 0.15) is 12.5 Å². The lowest BCUT2D eigenvalue weighted by molar-refractivity contribution is -0.114. The number of ether oxygens (including phenoxy) is 1. The van der Waals surface area contributed by atoms with Crippen molar-refractivity contribution in [2.75, 3.05) is 7.11 Å². The Hall–Kier alpha value is -1.77. The van der Waals surface area contributed by atoms with Gasteiger partial charge in [-0.25, -0.2) is 0 Å². The second kappa shape index (κ2) is 4.46. The Labute approximate surface area is 83.2 Å². The Balaban J connectivity index is 2.97. The summed E-state index contributed by atoms with van der Waals surface area (Å²) < 4.78 is 5.05. The minimum Gasteiger partial charge on any atom is -0.497 e. The molecule has 0 aliphatic carbocycles. The van der Waals surface area contributed by atoms with Gasteiger partial charge < -0.3 is 10.5 Å². The van der Waals surface area contributed by atoms with Crippen LogP contribution in [-0.4, -0.2) is 13.0 Å². The number of methoxy groups -OCH3 is 1. The summed E-state index contributed by atoms with van der Waals surface area (Å²) in [5, 5.41) is 0. The Kier molecular flexibility index (Phi) is 3.29. The maximum atomic E-state index is 10.8. The molecule has 0 heterocycles. The van der Waals surface area contributed by atoms with Crippen LogP contribution in [0.25, 0.3) is 6.08 Å². The average Bonchev–Trinajstić information content (AvgIpc) is 2.18. The summed E-state index contributed by atoms with van der Waals surface area (Å²) in [6, 6.07) is 7.43. The van der Waals surface area contributed by atoms with E-state index in [1.54, 1.807) is 20.1 Å². The molecule has 1 rings (SSSR count). The predicted octanol–water partition coefficient (Wildman–Crippen LogP) is 1.58. The third-order valence-electron chi connectivity index (χ3n) is 1.87. The fourth-order valence-corrected chi connectivity index (χ4v) is 1.05. The number of amides is 1. The molecular weight excluding hydrogens is 178 g/mol. The number of hydrogen-bond acceptors (Lipinski definition) is 2. The fourth-order valence-electron chi connectivity index (χ4n) is 1.05. The van der Waals surface area contributed by atoms with E-state index in [1.165, 1.54) is 0 Å². The largest absolute Gasteiger partial charge is 0.497 e. The molecule has 3 heteroatoms. The van der Waals surface area contributed by atoms with Gasteiger partial charge in [0.2, 0.25) is 5.91 Å². The maximum absolute atomic E-state index is 10.8. The molecule has 1 aromatic rings. The first kappa shape index (κ1) is 10.3. The van der Waals surface area contributed by atoms with Crippen LogP contribution in [0.15, 0.2) is 29.8 Å². The number of carbonyl (C=O) groups is 1. The minimum atomic E-state index is -0.409. The highest BCUT2D eigenvalue weighted by molar-refractivity contribution is 5.95. The van der Waals surface area contributed by atoms with Crippen molar-refractivity contribution in [3.8, 4) is 5.75 Å². The van der Waals surface area contributed by atoms with E-state index >= 15 is 0 Å². The van der Waals surface area contributed by atoms with Crippen molar-refractivity contribution >= 4 is 12.0 Å². The summed E-state index contributed by atoms with van der Waals surface area (Å²) in [6.07, 6.45) is 1.73. The Morgan fingerprint density at radius 3 is 2.79 bits per heavy atom. The Morgan fingerprint density at radius 1 is 1.50 bits per heavy atom. The molecule has 0 atom stereocenters. The molecule has 0 radical (unpaired) electrons. The number of benzene rings is 1. The summed E-state index contributed by atoms with van der Waals surface area (Å²) in [6.45, 7) is 1.68. The molecule has 0 saturated carbocycles. The first-order valence-electron chi connectivity index (χ1n) is 4.25. The molecule has 0 fully saturated rings. The molecule has 0 spiro atoms. The van der Waals surface area contributed by atoms with Crippen molar-refractivity contribution < 1.29 is 9.53 Å². The Bertz CT molecular complexity index is 369.